The van der Waals surface area contributed by atoms with Crippen molar-refractivity contribution in [2.75, 3.05) is 0 Å². The first-order valence-corrected chi connectivity index (χ1v) is 22.4. The first-order valence-electron chi connectivity index (χ1n) is 22.4. The van der Waals surface area contributed by atoms with E-state index in [-0.39, 0.29) is 0 Å². The van der Waals surface area contributed by atoms with E-state index >= 15 is 0 Å². The van der Waals surface area contributed by atoms with Crippen LogP contribution in [0.3, 0.4) is 0 Å². The first kappa shape index (κ1) is 34.3. The van der Waals surface area contributed by atoms with Crippen LogP contribution in [0, 0.1) is 46.8 Å². The van der Waals surface area contributed by atoms with Crippen molar-refractivity contribution in [3.05, 3.63) is 126 Å². The highest BCUT2D eigenvalue weighted by atomic mass is 16.3. The molecule has 0 spiro atoms. The molecule has 8 aliphatic carbocycles. The van der Waals surface area contributed by atoms with Gasteiger partial charge in [-0.3, -0.25) is 0 Å². The van der Waals surface area contributed by atoms with Crippen LogP contribution in [-0.4, -0.2) is 15.0 Å². The summed E-state index contributed by atoms with van der Waals surface area (Å²) in [5, 5.41) is 11.5. The number of aromatic nitrogens is 3. The number of benzene rings is 5. The molecule has 59 heavy (non-hydrogen) atoms. The summed E-state index contributed by atoms with van der Waals surface area (Å²) in [4.78, 5) is 15.6. The normalized spacial score (nSPS) is 30.0. The fraction of sp³-hybridized carbons (Fsp3) is 0.370. The highest BCUT2D eigenvalue weighted by molar-refractivity contribution is 6.06. The summed E-state index contributed by atoms with van der Waals surface area (Å²) >= 11 is 0. The van der Waals surface area contributed by atoms with Gasteiger partial charge in [0.15, 0.2) is 17.5 Å². The van der Waals surface area contributed by atoms with Crippen LogP contribution in [0.5, 0.6) is 0 Å². The molecule has 0 amide bonds. The smallest absolute Gasteiger partial charge is 0.164 e. The monoisotopic (exact) mass is 768 g/mol. The lowest BCUT2D eigenvalue weighted by Gasteiger charge is -2.57. The predicted octanol–water partition coefficient (Wildman–Crippen LogP) is 13.2. The second-order valence-electron chi connectivity index (χ2n) is 20.1. The van der Waals surface area contributed by atoms with E-state index in [0.29, 0.717) is 39.4 Å². The van der Waals surface area contributed by atoms with Gasteiger partial charge in [0.2, 0.25) is 0 Å². The summed E-state index contributed by atoms with van der Waals surface area (Å²) in [6, 6.07) is 41.6. The molecule has 5 aromatic carbocycles. The highest BCUT2D eigenvalue weighted by Gasteiger charge is 2.52. The lowest BCUT2D eigenvalue weighted by atomic mass is 9.48. The zero-order valence-corrected chi connectivity index (χ0v) is 33.5. The van der Waals surface area contributed by atoms with Crippen molar-refractivity contribution in [2.45, 2.75) is 87.9 Å². The Hall–Kier alpha value is -5.60. The van der Waals surface area contributed by atoms with Gasteiger partial charge in [-0.05, 0) is 182 Å². The van der Waals surface area contributed by atoms with Crippen LogP contribution < -0.4 is 0 Å². The van der Waals surface area contributed by atoms with Gasteiger partial charge in [0.1, 0.15) is 11.2 Å². The molecular formula is C54H48N4O. The van der Waals surface area contributed by atoms with Crippen molar-refractivity contribution < 1.29 is 4.42 Å². The van der Waals surface area contributed by atoms with Gasteiger partial charge in [0.25, 0.3) is 0 Å². The van der Waals surface area contributed by atoms with Gasteiger partial charge in [0.05, 0.1) is 11.6 Å². The molecule has 0 radical (unpaired) electrons. The molecule has 8 aliphatic rings. The van der Waals surface area contributed by atoms with Crippen LogP contribution in [0.25, 0.3) is 67.2 Å². The summed E-state index contributed by atoms with van der Waals surface area (Å²) in [5.74, 6) is 7.47. The number of nitrogens with zero attached hydrogens (tertiary/aromatic N) is 4. The predicted molar refractivity (Wildman–Crippen MR) is 233 cm³/mol. The Bertz CT molecular complexity index is 2790. The fourth-order valence-corrected chi connectivity index (χ4v) is 14.5. The van der Waals surface area contributed by atoms with Crippen molar-refractivity contribution in [1.82, 2.24) is 15.0 Å². The van der Waals surface area contributed by atoms with Crippen LogP contribution in [0.15, 0.2) is 114 Å². The molecule has 5 nitrogen and oxygen atoms in total. The molecule has 8 fully saturated rings. The highest BCUT2D eigenvalue weighted by Crippen LogP contribution is 2.62. The minimum absolute atomic E-state index is 0.340. The Morgan fingerprint density at radius 2 is 0.864 bits per heavy atom. The SMILES string of the molecule is N#Cc1ccc2c(c1)oc1cc(-c3nc(-c4ccc(C56CC7CC(CC(C7)C5)C6)cc4)nc(-c4cccc(-c5ccc(C67CC8CC(CC(C8)C6)C7)cc5)c4)n3)ccc12. The summed E-state index contributed by atoms with van der Waals surface area (Å²) in [6.07, 6.45) is 16.9. The maximum absolute atomic E-state index is 9.50. The molecule has 0 aliphatic heterocycles. The minimum atomic E-state index is 0.340. The zero-order valence-electron chi connectivity index (χ0n) is 33.5. The molecule has 0 unspecified atom stereocenters. The molecule has 290 valence electrons. The Morgan fingerprint density at radius 3 is 1.39 bits per heavy atom. The maximum Gasteiger partial charge on any atom is 0.164 e. The number of fused-ring (bicyclic) bond motifs is 3. The van der Waals surface area contributed by atoms with Crippen molar-refractivity contribution in [2.24, 2.45) is 35.5 Å². The summed E-state index contributed by atoms with van der Waals surface area (Å²) in [6.45, 7) is 0. The lowest BCUT2D eigenvalue weighted by Crippen LogP contribution is -2.48. The third kappa shape index (κ3) is 5.58. The summed E-state index contributed by atoms with van der Waals surface area (Å²) in [7, 11) is 0. The Kier molecular flexibility index (Phi) is 7.38. The lowest BCUT2D eigenvalue weighted by molar-refractivity contribution is -0.00530. The number of furan rings is 1. The molecule has 2 heterocycles. The van der Waals surface area contributed by atoms with Gasteiger partial charge in [-0.15, -0.1) is 0 Å². The quantitative estimate of drug-likeness (QED) is 0.168. The largest absolute Gasteiger partial charge is 0.456 e. The molecule has 0 atom stereocenters. The average molecular weight is 769 g/mol. The van der Waals surface area contributed by atoms with Crippen LogP contribution in [0.2, 0.25) is 0 Å². The van der Waals surface area contributed by atoms with Crippen LogP contribution in [0.4, 0.5) is 0 Å². The molecule has 8 bridgehead atoms. The molecule has 2 aromatic heterocycles. The van der Waals surface area contributed by atoms with E-state index in [2.05, 4.69) is 91.0 Å². The topological polar surface area (TPSA) is 75.6 Å². The maximum atomic E-state index is 9.50. The number of rotatable bonds is 6. The molecule has 5 heteroatoms. The second-order valence-corrected chi connectivity index (χ2v) is 20.1. The van der Waals surface area contributed by atoms with E-state index in [4.69, 9.17) is 19.4 Å². The number of hydrogen-bond acceptors (Lipinski definition) is 5. The van der Waals surface area contributed by atoms with Crippen molar-refractivity contribution in [3.63, 3.8) is 0 Å². The van der Waals surface area contributed by atoms with Gasteiger partial charge in [-0.25, -0.2) is 15.0 Å². The molecule has 15 rings (SSSR count). The Labute approximate surface area is 345 Å². The molecule has 0 saturated heterocycles. The van der Waals surface area contributed by atoms with Crippen molar-refractivity contribution in [1.29, 1.82) is 5.26 Å². The van der Waals surface area contributed by atoms with E-state index in [9.17, 15) is 5.26 Å². The Morgan fingerprint density at radius 1 is 0.441 bits per heavy atom. The van der Waals surface area contributed by atoms with Crippen molar-refractivity contribution >= 4 is 21.9 Å². The summed E-state index contributed by atoms with van der Waals surface area (Å²) < 4.78 is 6.32. The van der Waals surface area contributed by atoms with Gasteiger partial charge < -0.3 is 4.42 Å². The number of hydrogen-bond donors (Lipinski definition) is 0. The van der Waals surface area contributed by atoms with Crippen LogP contribution in [0.1, 0.15) is 93.7 Å². The third-order valence-electron chi connectivity index (χ3n) is 16.3. The van der Waals surface area contributed by atoms with Crippen molar-refractivity contribution in [3.8, 4) is 51.4 Å². The first-order chi connectivity index (χ1) is 28.9. The van der Waals surface area contributed by atoms with E-state index in [1.807, 2.05) is 24.3 Å². The third-order valence-corrected chi connectivity index (χ3v) is 16.3. The van der Waals surface area contributed by atoms with E-state index < -0.39 is 0 Å². The average Bonchev–Trinajstić information content (AvgIpc) is 3.63. The minimum Gasteiger partial charge on any atom is -0.456 e. The standard InChI is InChI=1S/C54H48N4O/c55-31-32-4-14-46-47-15-9-43(24-49(47)59-48(46)22-32)52-57-50(40-7-12-45(13-8-40)54-28-36-19-37(29-54)21-38(20-36)30-54)56-51(58-52)42-3-1-2-41(23-42)39-5-10-44(11-6-39)53-25-33-16-34(26-53)18-35(17-33)27-53/h1-15,22-24,33-38H,16-21,25-30H2. The van der Waals surface area contributed by atoms with Gasteiger partial charge in [0, 0.05) is 27.5 Å². The van der Waals surface area contributed by atoms with E-state index in [0.717, 1.165) is 68.6 Å². The van der Waals surface area contributed by atoms with E-state index in [1.54, 1.807) is 5.56 Å². The van der Waals surface area contributed by atoms with Crippen LogP contribution >= 0.6 is 0 Å². The number of nitriles is 1. The molecular weight excluding hydrogens is 721 g/mol. The Balaban J connectivity index is 0.878. The zero-order chi connectivity index (χ0) is 38.9. The van der Waals surface area contributed by atoms with E-state index in [1.165, 1.54) is 93.7 Å². The second kappa shape index (κ2) is 12.7. The molecule has 0 N–H and O–H groups in total. The molecule has 7 aromatic rings. The molecule has 8 saturated carbocycles. The van der Waals surface area contributed by atoms with Gasteiger partial charge >= 0.3 is 0 Å². The van der Waals surface area contributed by atoms with Crippen LogP contribution in [-0.2, 0) is 10.8 Å². The van der Waals surface area contributed by atoms with Gasteiger partial charge in [-0.1, -0.05) is 72.8 Å². The van der Waals surface area contributed by atoms with Gasteiger partial charge in [-0.2, -0.15) is 5.26 Å². The fourth-order valence-electron chi connectivity index (χ4n) is 14.5. The summed E-state index contributed by atoms with van der Waals surface area (Å²) in [5.41, 5.74) is 11.1.